The maximum atomic E-state index is 11.0. The Morgan fingerprint density at radius 2 is 0.810 bits per heavy atom. The first-order valence-electron chi connectivity index (χ1n) is 26.5. The fraction of sp³-hybridized carbons (Fsp3) is 0.714. The van der Waals surface area contributed by atoms with Crippen molar-refractivity contribution in [2.75, 3.05) is 32.8 Å². The van der Waals surface area contributed by atoms with Crippen molar-refractivity contribution in [2.24, 2.45) is 11.5 Å². The monoisotopic (exact) mass is 876 g/mol. The average molecular weight is 876 g/mol. The Kier molecular flexibility index (Phi) is 35.9. The zero-order chi connectivity index (χ0) is 45.3. The molecular formula is C56H97N3O4. The molecule has 0 fully saturated rings. The van der Waals surface area contributed by atoms with Crippen molar-refractivity contribution in [1.82, 2.24) is 5.32 Å². The molecular weight excluding hydrogens is 779 g/mol. The second-order valence-corrected chi connectivity index (χ2v) is 18.3. The summed E-state index contributed by atoms with van der Waals surface area (Å²) in [5.74, 6) is 1.58. The third kappa shape index (κ3) is 30.6. The van der Waals surface area contributed by atoms with E-state index in [1.54, 1.807) is 18.2 Å². The molecule has 0 aliphatic carbocycles. The number of aromatic hydroxyl groups is 2. The highest BCUT2D eigenvalue weighted by molar-refractivity contribution is 5.70. The Balaban J connectivity index is 1.70. The molecule has 0 atom stereocenters. The van der Waals surface area contributed by atoms with E-state index in [-0.39, 0.29) is 11.5 Å². The number of nitrogens with one attached hydrogen (secondary N) is 1. The minimum atomic E-state index is 0.117. The largest absolute Gasteiger partial charge is 0.507 e. The van der Waals surface area contributed by atoms with Gasteiger partial charge in [-0.1, -0.05) is 206 Å². The van der Waals surface area contributed by atoms with Crippen LogP contribution in [0, 0.1) is 0 Å². The van der Waals surface area contributed by atoms with Crippen LogP contribution < -0.4 is 26.3 Å². The van der Waals surface area contributed by atoms with Gasteiger partial charge in [-0.3, -0.25) is 0 Å². The quantitative estimate of drug-likeness (QED) is 0.0332. The lowest BCUT2D eigenvalue weighted by Crippen LogP contribution is -2.22. The van der Waals surface area contributed by atoms with Crippen molar-refractivity contribution in [3.05, 3.63) is 58.8 Å². The van der Waals surface area contributed by atoms with Crippen LogP contribution >= 0.6 is 0 Å². The summed E-state index contributed by atoms with van der Waals surface area (Å²) in [6.45, 7) is 7.69. The Morgan fingerprint density at radius 1 is 0.476 bits per heavy atom. The molecule has 360 valence electrons. The maximum absolute atomic E-state index is 11.0. The minimum absolute atomic E-state index is 0.117. The molecule has 0 bridgehead atoms. The standard InChI is InChI=1S/C56H97N3O4/c1-3-5-7-9-11-13-15-17-19-21-23-25-27-29-31-33-42-62-52-38-36-49(55(60)46-52)44-51(48-59-41-35-40-57)54(58)45-50-37-39-53(47-56(50)61)63-43-34-32-30-28-26-24-22-20-18-16-14-12-10-8-6-4-2/h36-39,44-47,59-61H,3-35,40-43,48,57-58H2,1-2H3. The Bertz CT molecular complexity index is 1430. The summed E-state index contributed by atoms with van der Waals surface area (Å²) in [6.07, 6.45) is 47.5. The Hall–Kier alpha value is -3.16. The zero-order valence-corrected chi connectivity index (χ0v) is 40.9. The van der Waals surface area contributed by atoms with Crippen molar-refractivity contribution >= 4 is 12.2 Å². The lowest BCUT2D eigenvalue weighted by atomic mass is 10.0. The van der Waals surface area contributed by atoms with E-state index in [0.717, 1.165) is 31.4 Å². The van der Waals surface area contributed by atoms with E-state index in [1.807, 2.05) is 30.3 Å². The van der Waals surface area contributed by atoms with Gasteiger partial charge in [0.15, 0.2) is 0 Å². The number of phenols is 2. The summed E-state index contributed by atoms with van der Waals surface area (Å²) < 4.78 is 12.0. The van der Waals surface area contributed by atoms with E-state index in [1.165, 1.54) is 193 Å². The van der Waals surface area contributed by atoms with Gasteiger partial charge in [0.05, 0.1) is 13.2 Å². The summed E-state index contributed by atoms with van der Waals surface area (Å²) in [5, 5.41) is 25.3. The van der Waals surface area contributed by atoms with E-state index in [0.29, 0.717) is 54.6 Å². The molecule has 63 heavy (non-hydrogen) atoms. The van der Waals surface area contributed by atoms with E-state index >= 15 is 0 Å². The van der Waals surface area contributed by atoms with Crippen molar-refractivity contribution < 1.29 is 19.7 Å². The lowest BCUT2D eigenvalue weighted by molar-refractivity contribution is 0.302. The molecule has 0 heterocycles. The van der Waals surface area contributed by atoms with Crippen molar-refractivity contribution in [3.8, 4) is 23.0 Å². The minimum Gasteiger partial charge on any atom is -0.507 e. The number of hydrogen-bond donors (Lipinski definition) is 5. The number of rotatable bonds is 44. The van der Waals surface area contributed by atoms with Crippen LogP contribution in [0.5, 0.6) is 23.0 Å². The predicted molar refractivity (Wildman–Crippen MR) is 273 cm³/mol. The number of benzene rings is 2. The van der Waals surface area contributed by atoms with Gasteiger partial charge >= 0.3 is 0 Å². The van der Waals surface area contributed by atoms with Crippen LogP contribution in [0.3, 0.4) is 0 Å². The van der Waals surface area contributed by atoms with Crippen LogP contribution in [0.25, 0.3) is 12.2 Å². The molecule has 0 saturated heterocycles. The van der Waals surface area contributed by atoms with Gasteiger partial charge in [-0.05, 0) is 74.3 Å². The smallest absolute Gasteiger partial charge is 0.126 e. The van der Waals surface area contributed by atoms with E-state index in [9.17, 15) is 10.2 Å². The third-order valence-corrected chi connectivity index (χ3v) is 12.4. The molecule has 7 nitrogen and oxygen atoms in total. The van der Waals surface area contributed by atoms with Crippen LogP contribution in [0.15, 0.2) is 47.7 Å². The van der Waals surface area contributed by atoms with Gasteiger partial charge in [-0.2, -0.15) is 0 Å². The molecule has 7 heteroatoms. The molecule has 0 radical (unpaired) electrons. The van der Waals surface area contributed by atoms with Gasteiger partial charge in [0.1, 0.15) is 23.0 Å². The SMILES string of the molecule is CCCCCCCCCCCCCCCCCCOc1ccc(C=C(N)C(=Cc2ccc(OCCCCCCCCCCCCCCCCCC)cc2O)CNCCCN)c(O)c1. The second-order valence-electron chi connectivity index (χ2n) is 18.3. The first kappa shape index (κ1) is 56.0. The van der Waals surface area contributed by atoms with Crippen LogP contribution in [0.2, 0.25) is 0 Å². The molecule has 0 saturated carbocycles. The Morgan fingerprint density at radius 3 is 1.14 bits per heavy atom. The van der Waals surface area contributed by atoms with Gasteiger partial charge < -0.3 is 36.5 Å². The first-order valence-corrected chi connectivity index (χ1v) is 26.5. The molecule has 0 unspecified atom stereocenters. The molecule has 0 aliphatic heterocycles. The highest BCUT2D eigenvalue weighted by Crippen LogP contribution is 2.29. The van der Waals surface area contributed by atoms with E-state index in [2.05, 4.69) is 19.2 Å². The molecule has 0 amide bonds. The van der Waals surface area contributed by atoms with Crippen LogP contribution in [-0.4, -0.2) is 43.1 Å². The molecule has 2 rings (SSSR count). The molecule has 0 aromatic heterocycles. The summed E-state index contributed by atoms with van der Waals surface area (Å²) in [6, 6.07) is 10.9. The lowest BCUT2D eigenvalue weighted by Gasteiger charge is -2.13. The Labute approximate surface area is 387 Å². The number of nitrogens with two attached hydrogens (primary N) is 2. The molecule has 0 aliphatic rings. The van der Waals surface area contributed by atoms with Gasteiger partial charge in [0, 0.05) is 35.5 Å². The fourth-order valence-corrected chi connectivity index (χ4v) is 8.29. The summed E-state index contributed by atoms with van der Waals surface area (Å²) >= 11 is 0. The molecule has 2 aromatic carbocycles. The average Bonchev–Trinajstić information content (AvgIpc) is 3.28. The van der Waals surface area contributed by atoms with Gasteiger partial charge in [0.25, 0.3) is 0 Å². The van der Waals surface area contributed by atoms with Gasteiger partial charge in [-0.15, -0.1) is 0 Å². The summed E-state index contributed by atoms with van der Waals surface area (Å²) in [7, 11) is 0. The maximum Gasteiger partial charge on any atom is 0.126 e. The second kappa shape index (κ2) is 40.4. The van der Waals surface area contributed by atoms with Gasteiger partial charge in [0.2, 0.25) is 0 Å². The van der Waals surface area contributed by atoms with Crippen molar-refractivity contribution in [3.63, 3.8) is 0 Å². The fourth-order valence-electron chi connectivity index (χ4n) is 8.29. The number of ether oxygens (including phenoxy) is 2. The van der Waals surface area contributed by atoms with Crippen LogP contribution in [0.4, 0.5) is 0 Å². The first-order chi connectivity index (χ1) is 31.0. The zero-order valence-electron chi connectivity index (χ0n) is 40.9. The normalized spacial score (nSPS) is 12.0. The number of unbranched alkanes of at least 4 members (excludes halogenated alkanes) is 30. The summed E-state index contributed by atoms with van der Waals surface area (Å²) in [5.41, 5.74) is 14.9. The molecule has 2 aromatic rings. The predicted octanol–water partition coefficient (Wildman–Crippen LogP) is 15.7. The highest BCUT2D eigenvalue weighted by Gasteiger charge is 2.10. The molecule has 7 N–H and O–H groups in total. The third-order valence-electron chi connectivity index (χ3n) is 12.4. The van der Waals surface area contributed by atoms with E-state index in [4.69, 9.17) is 20.9 Å². The summed E-state index contributed by atoms with van der Waals surface area (Å²) in [4.78, 5) is 0. The van der Waals surface area contributed by atoms with Crippen LogP contribution in [0.1, 0.15) is 237 Å². The highest BCUT2D eigenvalue weighted by atomic mass is 16.5. The van der Waals surface area contributed by atoms with Crippen molar-refractivity contribution in [1.29, 1.82) is 0 Å². The van der Waals surface area contributed by atoms with Crippen LogP contribution in [-0.2, 0) is 0 Å². The van der Waals surface area contributed by atoms with Crippen molar-refractivity contribution in [2.45, 2.75) is 226 Å². The number of phenolic OH excluding ortho intramolecular Hbond substituents is 2. The topological polar surface area (TPSA) is 123 Å². The number of hydrogen-bond acceptors (Lipinski definition) is 7. The molecule has 0 spiro atoms. The van der Waals surface area contributed by atoms with E-state index < -0.39 is 0 Å². The van der Waals surface area contributed by atoms with Gasteiger partial charge in [-0.25, -0.2) is 0 Å².